The van der Waals surface area contributed by atoms with Crippen molar-refractivity contribution in [1.29, 1.82) is 0 Å². The number of nitrogens with zero attached hydrogens (tertiary/aromatic N) is 2. The van der Waals surface area contributed by atoms with E-state index in [0.717, 1.165) is 18.3 Å². The van der Waals surface area contributed by atoms with Crippen molar-refractivity contribution in [1.82, 2.24) is 15.5 Å². The fourth-order valence-corrected chi connectivity index (χ4v) is 2.77. The van der Waals surface area contributed by atoms with E-state index in [0.29, 0.717) is 12.3 Å². The fraction of sp³-hybridized carbons (Fsp3) is 0.636. The number of thioether (sulfide) groups is 1. The molecule has 3 N–H and O–H groups in total. The number of nitrogens with one attached hydrogen (secondary N) is 1. The van der Waals surface area contributed by atoms with E-state index in [2.05, 4.69) is 16.3 Å². The molecule has 6 nitrogen and oxygen atoms in total. The number of hydrazine groups is 1. The molecule has 0 unspecified atom stereocenters. The van der Waals surface area contributed by atoms with Gasteiger partial charge in [-0.25, -0.2) is 5.84 Å². The SMILES string of the molecule is CSC1CCN(Cc2cc(C(=O)NN)no2)CC1. The third-order valence-corrected chi connectivity index (χ3v) is 4.31. The predicted molar refractivity (Wildman–Crippen MR) is 70.0 cm³/mol. The number of carbonyl (C=O) groups excluding carboxylic acids is 1. The van der Waals surface area contributed by atoms with Crippen molar-refractivity contribution in [3.63, 3.8) is 0 Å². The second-order valence-corrected chi connectivity index (χ2v) is 5.50. The Morgan fingerprint density at radius 3 is 3.00 bits per heavy atom. The van der Waals surface area contributed by atoms with Crippen LogP contribution in [0.1, 0.15) is 29.1 Å². The van der Waals surface area contributed by atoms with E-state index in [1.807, 2.05) is 17.2 Å². The highest BCUT2D eigenvalue weighted by molar-refractivity contribution is 7.99. The maximum atomic E-state index is 11.2. The molecular weight excluding hydrogens is 252 g/mol. The first-order chi connectivity index (χ1) is 8.72. The second-order valence-electron chi connectivity index (χ2n) is 4.36. The zero-order valence-corrected chi connectivity index (χ0v) is 11.2. The fourth-order valence-electron chi connectivity index (χ4n) is 2.09. The topological polar surface area (TPSA) is 84.4 Å². The molecule has 1 amide bonds. The first-order valence-corrected chi connectivity index (χ1v) is 7.23. The molecule has 0 spiro atoms. The number of aromatic nitrogens is 1. The summed E-state index contributed by atoms with van der Waals surface area (Å²) in [6.45, 7) is 2.82. The average molecular weight is 270 g/mol. The van der Waals surface area contributed by atoms with Crippen molar-refractivity contribution < 1.29 is 9.32 Å². The molecule has 18 heavy (non-hydrogen) atoms. The van der Waals surface area contributed by atoms with Crippen molar-refractivity contribution in [3.05, 3.63) is 17.5 Å². The van der Waals surface area contributed by atoms with Crippen LogP contribution in [0.4, 0.5) is 0 Å². The number of hydrogen-bond acceptors (Lipinski definition) is 6. The van der Waals surface area contributed by atoms with Gasteiger partial charge >= 0.3 is 0 Å². The summed E-state index contributed by atoms with van der Waals surface area (Å²) in [6.07, 6.45) is 4.56. The Balaban J connectivity index is 1.86. The summed E-state index contributed by atoms with van der Waals surface area (Å²) < 4.78 is 5.13. The van der Waals surface area contributed by atoms with Gasteiger partial charge in [0.25, 0.3) is 5.91 Å². The third kappa shape index (κ3) is 3.24. The molecule has 0 bridgehead atoms. The summed E-state index contributed by atoms with van der Waals surface area (Å²) in [6, 6.07) is 1.64. The molecule has 2 rings (SSSR count). The summed E-state index contributed by atoms with van der Waals surface area (Å²) in [5.74, 6) is 5.31. The van der Waals surface area contributed by atoms with Crippen LogP contribution in [0.15, 0.2) is 10.6 Å². The van der Waals surface area contributed by atoms with Crippen LogP contribution in [0.3, 0.4) is 0 Å². The summed E-state index contributed by atoms with van der Waals surface area (Å²) in [7, 11) is 0. The Hall–Kier alpha value is -1.05. The predicted octanol–water partition coefficient (Wildman–Crippen LogP) is 0.606. The van der Waals surface area contributed by atoms with Crippen LogP contribution in [0.5, 0.6) is 0 Å². The molecule has 2 heterocycles. The van der Waals surface area contributed by atoms with Gasteiger partial charge in [0, 0.05) is 11.3 Å². The molecule has 0 aliphatic carbocycles. The Bertz CT molecular complexity index is 402. The van der Waals surface area contributed by atoms with E-state index >= 15 is 0 Å². The van der Waals surface area contributed by atoms with E-state index in [1.54, 1.807) is 6.07 Å². The van der Waals surface area contributed by atoms with Crippen molar-refractivity contribution in [3.8, 4) is 0 Å². The van der Waals surface area contributed by atoms with Gasteiger partial charge in [-0.3, -0.25) is 15.1 Å². The van der Waals surface area contributed by atoms with Gasteiger partial charge in [-0.2, -0.15) is 11.8 Å². The lowest BCUT2D eigenvalue weighted by Gasteiger charge is -2.30. The quantitative estimate of drug-likeness (QED) is 0.473. The second kappa shape index (κ2) is 6.21. The van der Waals surface area contributed by atoms with Gasteiger partial charge in [0.15, 0.2) is 11.5 Å². The van der Waals surface area contributed by atoms with Crippen LogP contribution in [0.2, 0.25) is 0 Å². The largest absolute Gasteiger partial charge is 0.359 e. The number of amides is 1. The van der Waals surface area contributed by atoms with Crippen LogP contribution in [0, 0.1) is 0 Å². The van der Waals surface area contributed by atoms with Crippen LogP contribution >= 0.6 is 11.8 Å². The molecule has 1 saturated heterocycles. The van der Waals surface area contributed by atoms with Gasteiger partial charge in [0.2, 0.25) is 0 Å². The molecule has 0 aromatic carbocycles. The Kier molecular flexibility index (Phi) is 4.62. The highest BCUT2D eigenvalue weighted by Gasteiger charge is 2.20. The van der Waals surface area contributed by atoms with Gasteiger partial charge in [0.05, 0.1) is 6.54 Å². The van der Waals surface area contributed by atoms with Gasteiger partial charge in [-0.05, 0) is 32.2 Å². The lowest BCUT2D eigenvalue weighted by atomic mass is 10.1. The van der Waals surface area contributed by atoms with Crippen molar-refractivity contribution >= 4 is 17.7 Å². The number of nitrogen functional groups attached to an aromatic ring is 1. The number of rotatable bonds is 4. The molecule has 0 atom stereocenters. The van der Waals surface area contributed by atoms with E-state index in [-0.39, 0.29) is 5.69 Å². The van der Waals surface area contributed by atoms with Crippen molar-refractivity contribution in [2.75, 3.05) is 19.3 Å². The average Bonchev–Trinajstić information content (AvgIpc) is 2.87. The van der Waals surface area contributed by atoms with Crippen LogP contribution in [-0.4, -0.2) is 40.6 Å². The molecule has 7 heteroatoms. The monoisotopic (exact) mass is 270 g/mol. The van der Waals surface area contributed by atoms with Crippen LogP contribution < -0.4 is 11.3 Å². The minimum atomic E-state index is -0.425. The standard InChI is InChI=1S/C11H18N4O2S/c1-18-9-2-4-15(5-3-9)7-8-6-10(14-17-8)11(16)13-12/h6,9H,2-5,7,12H2,1H3,(H,13,16). The molecule has 100 valence electrons. The summed E-state index contributed by atoms with van der Waals surface area (Å²) in [4.78, 5) is 13.5. The van der Waals surface area contributed by atoms with Gasteiger partial charge < -0.3 is 4.52 Å². The van der Waals surface area contributed by atoms with E-state index in [1.165, 1.54) is 12.8 Å². The van der Waals surface area contributed by atoms with Crippen LogP contribution in [-0.2, 0) is 6.54 Å². The van der Waals surface area contributed by atoms with E-state index in [9.17, 15) is 4.79 Å². The molecular formula is C11H18N4O2S. The highest BCUT2D eigenvalue weighted by Crippen LogP contribution is 2.22. The molecule has 0 radical (unpaired) electrons. The molecule has 1 aromatic rings. The maximum absolute atomic E-state index is 11.2. The first-order valence-electron chi connectivity index (χ1n) is 5.94. The van der Waals surface area contributed by atoms with E-state index < -0.39 is 5.91 Å². The third-order valence-electron chi connectivity index (χ3n) is 3.17. The molecule has 1 aliphatic rings. The maximum Gasteiger partial charge on any atom is 0.287 e. The first kappa shape index (κ1) is 13.4. The Morgan fingerprint density at radius 1 is 1.67 bits per heavy atom. The van der Waals surface area contributed by atoms with Crippen molar-refractivity contribution in [2.24, 2.45) is 5.84 Å². The summed E-state index contributed by atoms with van der Waals surface area (Å²) in [5, 5.41) is 4.46. The Morgan fingerprint density at radius 2 is 2.39 bits per heavy atom. The molecule has 1 aromatic heterocycles. The lowest BCUT2D eigenvalue weighted by Crippen LogP contribution is -2.34. The smallest absolute Gasteiger partial charge is 0.287 e. The number of nitrogens with two attached hydrogens (primary N) is 1. The van der Waals surface area contributed by atoms with Gasteiger partial charge in [-0.1, -0.05) is 5.16 Å². The van der Waals surface area contributed by atoms with Crippen LogP contribution in [0.25, 0.3) is 0 Å². The van der Waals surface area contributed by atoms with E-state index in [4.69, 9.17) is 10.4 Å². The number of carbonyl (C=O) groups is 1. The molecule has 1 fully saturated rings. The lowest BCUT2D eigenvalue weighted by molar-refractivity contribution is 0.0944. The normalized spacial score (nSPS) is 17.9. The van der Waals surface area contributed by atoms with Gasteiger partial charge in [-0.15, -0.1) is 0 Å². The molecule has 1 aliphatic heterocycles. The Labute approximate surface area is 110 Å². The zero-order chi connectivity index (χ0) is 13.0. The number of likely N-dealkylation sites (tertiary alicyclic amines) is 1. The zero-order valence-electron chi connectivity index (χ0n) is 10.4. The summed E-state index contributed by atoms with van der Waals surface area (Å²) in [5.41, 5.74) is 2.26. The molecule has 0 saturated carbocycles. The number of piperidine rings is 1. The minimum Gasteiger partial charge on any atom is -0.359 e. The highest BCUT2D eigenvalue weighted by atomic mass is 32.2. The van der Waals surface area contributed by atoms with Gasteiger partial charge in [0.1, 0.15) is 0 Å². The number of hydrogen-bond donors (Lipinski definition) is 2. The minimum absolute atomic E-state index is 0.228. The van der Waals surface area contributed by atoms with Crippen molar-refractivity contribution in [2.45, 2.75) is 24.6 Å². The summed E-state index contributed by atoms with van der Waals surface area (Å²) >= 11 is 1.94.